The molecule has 0 bridgehead atoms. The van der Waals surface area contributed by atoms with Gasteiger partial charge in [0.1, 0.15) is 29.8 Å². The van der Waals surface area contributed by atoms with E-state index in [1.165, 1.54) is 0 Å². The van der Waals surface area contributed by atoms with Gasteiger partial charge < -0.3 is 19.9 Å². The predicted molar refractivity (Wildman–Crippen MR) is 98.9 cm³/mol. The van der Waals surface area contributed by atoms with Crippen molar-refractivity contribution in [3.8, 4) is 11.5 Å². The van der Waals surface area contributed by atoms with Crippen LogP contribution in [0.5, 0.6) is 11.5 Å². The van der Waals surface area contributed by atoms with Gasteiger partial charge in [-0.3, -0.25) is 9.59 Å². The third kappa shape index (κ3) is 4.62. The Kier molecular flexibility index (Phi) is 6.42. The molecule has 1 heterocycles. The van der Waals surface area contributed by atoms with Crippen molar-refractivity contribution in [2.45, 2.75) is 59.3 Å². The van der Waals surface area contributed by atoms with E-state index in [1.54, 1.807) is 39.0 Å². The first-order chi connectivity index (χ1) is 12.1. The monoisotopic (exact) mass is 363 g/mol. The summed E-state index contributed by atoms with van der Waals surface area (Å²) >= 11 is 0. The molecule has 0 saturated carbocycles. The molecule has 6 heteroatoms. The van der Waals surface area contributed by atoms with E-state index in [9.17, 15) is 14.7 Å². The van der Waals surface area contributed by atoms with Crippen molar-refractivity contribution in [3.05, 3.63) is 23.8 Å². The van der Waals surface area contributed by atoms with E-state index >= 15 is 0 Å². The van der Waals surface area contributed by atoms with Gasteiger partial charge in [-0.25, -0.2) is 0 Å². The number of aliphatic hydroxyl groups is 1. The van der Waals surface area contributed by atoms with Gasteiger partial charge in [0, 0.05) is 18.0 Å². The zero-order valence-corrected chi connectivity index (χ0v) is 16.2. The molecule has 0 radical (unpaired) electrons. The van der Waals surface area contributed by atoms with Crippen LogP contribution in [-0.2, 0) is 4.79 Å². The topological polar surface area (TPSA) is 84.9 Å². The maximum absolute atomic E-state index is 12.7. The molecule has 0 amide bonds. The molecule has 3 atom stereocenters. The number of nitrogens with one attached hydrogen (secondary N) is 1. The lowest BCUT2D eigenvalue weighted by atomic mass is 9.86. The number of Topliss-reactive ketones (excluding diaryl/α,β-unsaturated/α-hetero) is 2. The maximum atomic E-state index is 12.7. The first-order valence-corrected chi connectivity index (χ1v) is 9.07. The molecule has 26 heavy (non-hydrogen) atoms. The fraction of sp³-hybridized carbons (Fsp3) is 0.600. The van der Waals surface area contributed by atoms with Crippen LogP contribution >= 0.6 is 0 Å². The molecule has 2 rings (SSSR count). The molecule has 1 aliphatic heterocycles. The smallest absolute Gasteiger partial charge is 0.220 e. The first-order valence-electron chi connectivity index (χ1n) is 9.07. The fourth-order valence-corrected chi connectivity index (χ4v) is 2.58. The summed E-state index contributed by atoms with van der Waals surface area (Å²) in [5, 5.41) is 13.3. The molecule has 1 aromatic rings. The summed E-state index contributed by atoms with van der Waals surface area (Å²) in [7, 11) is 0. The van der Waals surface area contributed by atoms with E-state index in [4.69, 9.17) is 9.47 Å². The van der Waals surface area contributed by atoms with Gasteiger partial charge >= 0.3 is 0 Å². The number of ether oxygens (including phenoxy) is 2. The van der Waals surface area contributed by atoms with E-state index < -0.39 is 17.6 Å². The summed E-state index contributed by atoms with van der Waals surface area (Å²) < 4.78 is 11.3. The minimum absolute atomic E-state index is 0.0467. The number of carbonyl (C=O) groups is 2. The standard InChI is InChI=1S/C20H29NO5/c1-6-12(2)21-10-13(22)11-25-14-8-7-9-15-16(14)17(23)18(26-15)19(24)20(3,4)5/h7-9,12-13,18,21-22H,6,10-11H2,1-5H3. The first kappa shape index (κ1) is 20.4. The number of fused-ring (bicyclic) bond motifs is 1. The van der Waals surface area contributed by atoms with Gasteiger partial charge in [-0.2, -0.15) is 0 Å². The van der Waals surface area contributed by atoms with E-state index in [1.807, 2.05) is 6.92 Å². The van der Waals surface area contributed by atoms with Gasteiger partial charge in [0.2, 0.25) is 11.9 Å². The quantitative estimate of drug-likeness (QED) is 0.690. The van der Waals surface area contributed by atoms with Crippen molar-refractivity contribution >= 4 is 11.6 Å². The number of ketones is 2. The molecule has 3 unspecified atom stereocenters. The van der Waals surface area contributed by atoms with Crippen LogP contribution in [0.1, 0.15) is 51.4 Å². The predicted octanol–water partition coefficient (Wildman–Crippen LogP) is 2.37. The Balaban J connectivity index is 2.06. The zero-order chi connectivity index (χ0) is 19.5. The Labute approximate surface area is 154 Å². The second-order valence-corrected chi connectivity index (χ2v) is 7.79. The average molecular weight is 363 g/mol. The third-order valence-corrected chi connectivity index (χ3v) is 4.44. The zero-order valence-electron chi connectivity index (χ0n) is 16.2. The largest absolute Gasteiger partial charge is 0.490 e. The number of hydrogen-bond acceptors (Lipinski definition) is 6. The Morgan fingerprint density at radius 1 is 1.38 bits per heavy atom. The molecule has 6 nitrogen and oxygen atoms in total. The lowest BCUT2D eigenvalue weighted by Gasteiger charge is -2.19. The van der Waals surface area contributed by atoms with Crippen LogP contribution in [0.25, 0.3) is 0 Å². The summed E-state index contributed by atoms with van der Waals surface area (Å²) in [6.07, 6.45) is -0.870. The van der Waals surface area contributed by atoms with Gasteiger partial charge in [0.05, 0.1) is 0 Å². The Morgan fingerprint density at radius 3 is 2.69 bits per heavy atom. The van der Waals surface area contributed by atoms with E-state index in [2.05, 4.69) is 12.2 Å². The molecule has 144 valence electrons. The minimum atomic E-state index is -1.13. The highest BCUT2D eigenvalue weighted by atomic mass is 16.5. The van der Waals surface area contributed by atoms with Crippen LogP contribution < -0.4 is 14.8 Å². The van der Waals surface area contributed by atoms with Gasteiger partial charge in [-0.05, 0) is 25.5 Å². The summed E-state index contributed by atoms with van der Waals surface area (Å²) in [5.41, 5.74) is -0.404. The molecule has 0 fully saturated rings. The molecule has 0 aliphatic carbocycles. The van der Waals surface area contributed by atoms with E-state index in [0.29, 0.717) is 24.1 Å². The molecule has 2 N–H and O–H groups in total. The van der Waals surface area contributed by atoms with E-state index in [-0.39, 0.29) is 23.7 Å². The molecular formula is C20H29NO5. The number of benzene rings is 1. The number of rotatable bonds is 8. The van der Waals surface area contributed by atoms with Crippen molar-refractivity contribution < 1.29 is 24.2 Å². The van der Waals surface area contributed by atoms with Gasteiger partial charge in [-0.15, -0.1) is 0 Å². The van der Waals surface area contributed by atoms with E-state index in [0.717, 1.165) is 6.42 Å². The number of aliphatic hydroxyl groups excluding tert-OH is 1. The number of carbonyl (C=O) groups excluding carboxylic acids is 2. The van der Waals surface area contributed by atoms with Crippen LogP contribution in [0.15, 0.2) is 18.2 Å². The second kappa shape index (κ2) is 8.18. The highest BCUT2D eigenvalue weighted by Crippen LogP contribution is 2.38. The van der Waals surface area contributed by atoms with Crippen molar-refractivity contribution in [1.29, 1.82) is 0 Å². The Bertz CT molecular complexity index is 665. The maximum Gasteiger partial charge on any atom is 0.220 e. The molecular weight excluding hydrogens is 334 g/mol. The van der Waals surface area contributed by atoms with Crippen LogP contribution in [0.3, 0.4) is 0 Å². The van der Waals surface area contributed by atoms with Crippen LogP contribution in [0, 0.1) is 5.41 Å². The van der Waals surface area contributed by atoms with Crippen molar-refractivity contribution in [2.75, 3.05) is 13.2 Å². The minimum Gasteiger partial charge on any atom is -0.490 e. The lowest BCUT2D eigenvalue weighted by Crippen LogP contribution is -2.39. The van der Waals surface area contributed by atoms with Crippen molar-refractivity contribution in [1.82, 2.24) is 5.32 Å². The van der Waals surface area contributed by atoms with Crippen LogP contribution in [0.4, 0.5) is 0 Å². The summed E-state index contributed by atoms with van der Waals surface area (Å²) in [5.74, 6) is 0.0341. The third-order valence-electron chi connectivity index (χ3n) is 4.44. The molecule has 0 saturated heterocycles. The summed E-state index contributed by atoms with van der Waals surface area (Å²) in [6, 6.07) is 5.31. The van der Waals surface area contributed by atoms with Gasteiger partial charge in [-0.1, -0.05) is 33.8 Å². The lowest BCUT2D eigenvalue weighted by molar-refractivity contribution is -0.131. The van der Waals surface area contributed by atoms with Crippen LogP contribution in [-0.4, -0.2) is 48.1 Å². The van der Waals surface area contributed by atoms with Gasteiger partial charge in [0.15, 0.2) is 5.78 Å². The summed E-state index contributed by atoms with van der Waals surface area (Å²) in [6.45, 7) is 9.83. The van der Waals surface area contributed by atoms with Crippen LogP contribution in [0.2, 0.25) is 0 Å². The molecule has 0 spiro atoms. The Morgan fingerprint density at radius 2 is 2.08 bits per heavy atom. The van der Waals surface area contributed by atoms with Crippen molar-refractivity contribution in [2.24, 2.45) is 5.41 Å². The summed E-state index contributed by atoms with van der Waals surface area (Å²) in [4.78, 5) is 25.2. The highest BCUT2D eigenvalue weighted by molar-refractivity contribution is 6.19. The molecule has 1 aliphatic rings. The van der Waals surface area contributed by atoms with Crippen molar-refractivity contribution in [3.63, 3.8) is 0 Å². The SMILES string of the molecule is CCC(C)NCC(O)COc1cccc2c1C(=O)C(C(=O)C(C)(C)C)O2. The molecule has 1 aromatic carbocycles. The second-order valence-electron chi connectivity index (χ2n) is 7.79. The van der Waals surface area contributed by atoms with Gasteiger partial charge in [0.25, 0.3) is 0 Å². The Hall–Kier alpha value is -1.92. The number of hydrogen-bond donors (Lipinski definition) is 2. The highest BCUT2D eigenvalue weighted by Gasteiger charge is 2.43. The molecule has 0 aromatic heterocycles. The fourth-order valence-electron chi connectivity index (χ4n) is 2.58. The normalized spacial score (nSPS) is 18.8. The average Bonchev–Trinajstić information content (AvgIpc) is 2.93.